The molecule has 5 heteroatoms. The lowest BCUT2D eigenvalue weighted by atomic mass is 10.1. The maximum atomic E-state index is 11.8. The Labute approximate surface area is 115 Å². The molecule has 0 bridgehead atoms. The Kier molecular flexibility index (Phi) is 9.10. The minimum atomic E-state index is 0. The van der Waals surface area contributed by atoms with Crippen LogP contribution in [0.2, 0.25) is 0 Å². The lowest BCUT2D eigenvalue weighted by molar-refractivity contribution is -0.129. The van der Waals surface area contributed by atoms with Crippen LogP contribution in [0.25, 0.3) is 0 Å². The molecule has 0 saturated carbocycles. The average Bonchev–Trinajstić information content (AvgIpc) is 2.24. The van der Waals surface area contributed by atoms with Gasteiger partial charge in [-0.2, -0.15) is 11.8 Å². The van der Waals surface area contributed by atoms with Crippen LogP contribution in [0, 0.1) is 5.92 Å². The molecular weight excluding hydrogens is 256 g/mol. The van der Waals surface area contributed by atoms with Crippen LogP contribution < -0.4 is 5.73 Å². The van der Waals surface area contributed by atoms with Crippen molar-refractivity contribution in [2.45, 2.75) is 39.2 Å². The summed E-state index contributed by atoms with van der Waals surface area (Å²) in [7, 11) is 0. The Bertz CT molecular complexity index is 227. The van der Waals surface area contributed by atoms with E-state index in [0.717, 1.165) is 37.6 Å². The standard InChI is InChI=1S/C12H24N2OS.ClH/c1-10(2)5-7-16-9-12(15)14-6-3-4-11(13)8-14;/h10-11H,3-9,13H2,1-2H3;1H. The highest BCUT2D eigenvalue weighted by Crippen LogP contribution is 2.13. The van der Waals surface area contributed by atoms with Gasteiger partial charge in [-0.15, -0.1) is 12.4 Å². The normalized spacial score (nSPS) is 20.2. The number of piperidine rings is 1. The lowest BCUT2D eigenvalue weighted by Gasteiger charge is -2.30. The SMILES string of the molecule is CC(C)CCSCC(=O)N1CCCC(N)C1.Cl. The number of carbonyl (C=O) groups excluding carboxylic acids is 1. The highest BCUT2D eigenvalue weighted by Gasteiger charge is 2.20. The number of thioether (sulfide) groups is 1. The number of halogens is 1. The Balaban J connectivity index is 0.00000256. The number of nitrogens with zero attached hydrogens (tertiary/aromatic N) is 1. The van der Waals surface area contributed by atoms with Crippen LogP contribution in [0.5, 0.6) is 0 Å². The second kappa shape index (κ2) is 9.06. The molecule has 1 atom stereocenters. The van der Waals surface area contributed by atoms with Crippen LogP contribution in [0.4, 0.5) is 0 Å². The van der Waals surface area contributed by atoms with Gasteiger partial charge in [-0.1, -0.05) is 13.8 Å². The molecule has 0 aliphatic carbocycles. The van der Waals surface area contributed by atoms with Gasteiger partial charge in [0.2, 0.25) is 5.91 Å². The number of hydrogen-bond acceptors (Lipinski definition) is 3. The number of likely N-dealkylation sites (tertiary alicyclic amines) is 1. The Morgan fingerprint density at radius 1 is 1.53 bits per heavy atom. The van der Waals surface area contributed by atoms with Crippen LogP contribution in [0.15, 0.2) is 0 Å². The minimum Gasteiger partial charge on any atom is -0.340 e. The van der Waals surface area contributed by atoms with E-state index >= 15 is 0 Å². The van der Waals surface area contributed by atoms with E-state index in [9.17, 15) is 4.79 Å². The third kappa shape index (κ3) is 7.17. The van der Waals surface area contributed by atoms with Crippen molar-refractivity contribution >= 4 is 30.1 Å². The van der Waals surface area contributed by atoms with Gasteiger partial charge in [0.25, 0.3) is 0 Å². The van der Waals surface area contributed by atoms with E-state index in [-0.39, 0.29) is 24.4 Å². The Morgan fingerprint density at radius 3 is 2.82 bits per heavy atom. The quantitative estimate of drug-likeness (QED) is 0.785. The first-order valence-corrected chi connectivity index (χ1v) is 7.36. The molecule has 0 aromatic carbocycles. The Morgan fingerprint density at radius 2 is 2.24 bits per heavy atom. The largest absolute Gasteiger partial charge is 0.340 e. The van der Waals surface area contributed by atoms with Crippen molar-refractivity contribution in [1.29, 1.82) is 0 Å². The number of rotatable bonds is 5. The van der Waals surface area contributed by atoms with Crippen LogP contribution in [0.3, 0.4) is 0 Å². The summed E-state index contributed by atoms with van der Waals surface area (Å²) in [5.74, 6) is 2.71. The van der Waals surface area contributed by atoms with Gasteiger partial charge < -0.3 is 10.6 Å². The lowest BCUT2D eigenvalue weighted by Crippen LogP contribution is -2.46. The van der Waals surface area contributed by atoms with Gasteiger partial charge >= 0.3 is 0 Å². The van der Waals surface area contributed by atoms with Crippen molar-refractivity contribution in [3.05, 3.63) is 0 Å². The molecule has 1 fully saturated rings. The minimum absolute atomic E-state index is 0. The molecular formula is C12H25ClN2OS. The fourth-order valence-corrected chi connectivity index (χ4v) is 2.95. The molecule has 1 heterocycles. The monoisotopic (exact) mass is 280 g/mol. The van der Waals surface area contributed by atoms with Gasteiger partial charge in [0.15, 0.2) is 0 Å². The first-order valence-electron chi connectivity index (χ1n) is 6.20. The summed E-state index contributed by atoms with van der Waals surface area (Å²) in [5, 5.41) is 0. The summed E-state index contributed by atoms with van der Waals surface area (Å²) in [5.41, 5.74) is 5.86. The van der Waals surface area contributed by atoms with Crippen LogP contribution >= 0.6 is 24.2 Å². The highest BCUT2D eigenvalue weighted by molar-refractivity contribution is 7.99. The van der Waals surface area contributed by atoms with Crippen LogP contribution in [-0.4, -0.2) is 41.4 Å². The Hall–Kier alpha value is 0.0700. The van der Waals surface area contributed by atoms with Crippen LogP contribution in [-0.2, 0) is 4.79 Å². The molecule has 0 aromatic rings. The van der Waals surface area contributed by atoms with E-state index in [4.69, 9.17) is 5.73 Å². The molecule has 3 nitrogen and oxygen atoms in total. The zero-order valence-corrected chi connectivity index (χ0v) is 12.5. The second-order valence-corrected chi connectivity index (χ2v) is 6.08. The fraction of sp³-hybridized carbons (Fsp3) is 0.917. The predicted molar refractivity (Wildman–Crippen MR) is 77.8 cm³/mol. The molecule has 2 N–H and O–H groups in total. The van der Waals surface area contributed by atoms with E-state index in [1.165, 1.54) is 6.42 Å². The summed E-state index contributed by atoms with van der Waals surface area (Å²) in [6.45, 7) is 6.08. The van der Waals surface area contributed by atoms with Crippen molar-refractivity contribution in [2.75, 3.05) is 24.6 Å². The summed E-state index contributed by atoms with van der Waals surface area (Å²) in [6, 6.07) is 0.193. The van der Waals surface area contributed by atoms with E-state index in [0.29, 0.717) is 5.75 Å². The third-order valence-corrected chi connectivity index (χ3v) is 3.85. The van der Waals surface area contributed by atoms with E-state index in [2.05, 4.69) is 13.8 Å². The maximum Gasteiger partial charge on any atom is 0.232 e. The van der Waals surface area contributed by atoms with Crippen molar-refractivity contribution in [3.63, 3.8) is 0 Å². The summed E-state index contributed by atoms with van der Waals surface area (Å²) in [4.78, 5) is 13.8. The third-order valence-electron chi connectivity index (χ3n) is 2.88. The number of hydrogen-bond donors (Lipinski definition) is 1. The second-order valence-electron chi connectivity index (χ2n) is 4.98. The average molecular weight is 281 g/mol. The number of carbonyl (C=O) groups is 1. The molecule has 17 heavy (non-hydrogen) atoms. The van der Waals surface area contributed by atoms with Crippen LogP contribution in [0.1, 0.15) is 33.1 Å². The molecule has 0 radical (unpaired) electrons. The predicted octanol–water partition coefficient (Wildman–Crippen LogP) is 2.14. The molecule has 1 rings (SSSR count). The molecule has 1 saturated heterocycles. The first kappa shape index (κ1) is 17.1. The van der Waals surface area contributed by atoms with Gasteiger partial charge in [-0.05, 0) is 30.9 Å². The van der Waals surface area contributed by atoms with Gasteiger partial charge in [-0.25, -0.2) is 0 Å². The van der Waals surface area contributed by atoms with E-state index in [1.54, 1.807) is 11.8 Å². The van der Waals surface area contributed by atoms with Crippen molar-refractivity contribution in [1.82, 2.24) is 4.90 Å². The van der Waals surface area contributed by atoms with Crippen molar-refractivity contribution in [3.8, 4) is 0 Å². The molecule has 1 unspecified atom stereocenters. The topological polar surface area (TPSA) is 46.3 Å². The summed E-state index contributed by atoms with van der Waals surface area (Å²) in [6.07, 6.45) is 3.31. The van der Waals surface area contributed by atoms with Crippen molar-refractivity contribution < 1.29 is 4.79 Å². The number of amides is 1. The summed E-state index contributed by atoms with van der Waals surface area (Å²) >= 11 is 1.75. The van der Waals surface area contributed by atoms with Gasteiger partial charge in [-0.3, -0.25) is 4.79 Å². The zero-order chi connectivity index (χ0) is 12.0. The van der Waals surface area contributed by atoms with Gasteiger partial charge in [0, 0.05) is 19.1 Å². The van der Waals surface area contributed by atoms with Gasteiger partial charge in [0.1, 0.15) is 0 Å². The van der Waals surface area contributed by atoms with Crippen molar-refractivity contribution in [2.24, 2.45) is 11.7 Å². The smallest absolute Gasteiger partial charge is 0.232 e. The molecule has 1 aliphatic rings. The molecule has 102 valence electrons. The molecule has 0 spiro atoms. The molecule has 1 aliphatic heterocycles. The highest BCUT2D eigenvalue weighted by atomic mass is 35.5. The van der Waals surface area contributed by atoms with E-state index in [1.807, 2.05) is 4.90 Å². The van der Waals surface area contributed by atoms with Gasteiger partial charge in [0.05, 0.1) is 5.75 Å². The zero-order valence-electron chi connectivity index (χ0n) is 10.9. The molecule has 0 aromatic heterocycles. The molecule has 1 amide bonds. The maximum absolute atomic E-state index is 11.8. The summed E-state index contributed by atoms with van der Waals surface area (Å²) < 4.78 is 0. The fourth-order valence-electron chi connectivity index (χ4n) is 1.81. The first-order chi connectivity index (χ1) is 7.59. The van der Waals surface area contributed by atoms with E-state index < -0.39 is 0 Å². The number of nitrogens with two attached hydrogens (primary N) is 1.